The lowest BCUT2D eigenvalue weighted by molar-refractivity contribution is -0.137. The number of H-pyrrole nitrogens is 1. The molecule has 1 heterocycles. The van der Waals surface area contributed by atoms with Crippen LogP contribution in [0.15, 0.2) is 42.7 Å². The fraction of sp³-hybridized carbons (Fsp3) is 0.250. The highest BCUT2D eigenvalue weighted by molar-refractivity contribution is 6.00. The number of carbonyl (C=O) groups excluding carboxylic acids is 1. The summed E-state index contributed by atoms with van der Waals surface area (Å²) in [5.74, 6) is -1.06. The Balaban J connectivity index is 2.07. The van der Waals surface area contributed by atoms with Gasteiger partial charge in [-0.2, -0.15) is 0 Å². The average molecular weight is 286 g/mol. The van der Waals surface area contributed by atoms with Crippen LogP contribution in [0.1, 0.15) is 30.1 Å². The Labute approximate surface area is 123 Å². The fourth-order valence-corrected chi connectivity index (χ4v) is 2.12. The zero-order valence-corrected chi connectivity index (χ0v) is 11.8. The van der Waals surface area contributed by atoms with Gasteiger partial charge in [-0.3, -0.25) is 9.59 Å². The molecule has 0 aliphatic rings. The lowest BCUT2D eigenvalue weighted by atomic mass is 10.0. The Hall–Kier alpha value is -2.56. The molecule has 5 nitrogen and oxygen atoms in total. The molecule has 0 spiro atoms. The summed E-state index contributed by atoms with van der Waals surface area (Å²) in [6.45, 7) is 1.80. The largest absolute Gasteiger partial charge is 0.481 e. The molecule has 1 aromatic heterocycles. The minimum atomic E-state index is -0.859. The molecule has 0 aliphatic carbocycles. The number of hydrogen-bond donors (Lipinski definition) is 3. The zero-order valence-electron chi connectivity index (χ0n) is 11.8. The first-order chi connectivity index (χ1) is 10.1. The highest BCUT2D eigenvalue weighted by Gasteiger charge is 2.16. The van der Waals surface area contributed by atoms with Crippen molar-refractivity contribution in [3.05, 3.63) is 48.3 Å². The summed E-state index contributed by atoms with van der Waals surface area (Å²) in [6.07, 6.45) is 3.89. The molecule has 3 N–H and O–H groups in total. The lowest BCUT2D eigenvalue weighted by Gasteiger charge is -2.13. The lowest BCUT2D eigenvalue weighted by Crippen LogP contribution is -2.33. The van der Waals surface area contributed by atoms with Gasteiger partial charge in [0, 0.05) is 30.4 Å². The van der Waals surface area contributed by atoms with Crippen LogP contribution >= 0.6 is 0 Å². The van der Waals surface area contributed by atoms with Gasteiger partial charge in [0.05, 0.1) is 5.56 Å². The van der Waals surface area contributed by atoms with Gasteiger partial charge in [-0.1, -0.05) is 30.3 Å². The molecule has 0 bridgehead atoms. The molecule has 0 radical (unpaired) electrons. The van der Waals surface area contributed by atoms with Gasteiger partial charge >= 0.3 is 5.97 Å². The maximum Gasteiger partial charge on any atom is 0.303 e. The van der Waals surface area contributed by atoms with Crippen molar-refractivity contribution in [2.24, 2.45) is 0 Å². The van der Waals surface area contributed by atoms with Gasteiger partial charge in [-0.05, 0) is 18.9 Å². The third-order valence-electron chi connectivity index (χ3n) is 3.24. The topological polar surface area (TPSA) is 82.2 Å². The molecule has 0 aliphatic heterocycles. The molecule has 2 rings (SSSR count). The summed E-state index contributed by atoms with van der Waals surface area (Å²) in [5.41, 5.74) is 2.35. The van der Waals surface area contributed by atoms with Gasteiger partial charge < -0.3 is 15.4 Å². The van der Waals surface area contributed by atoms with E-state index in [0.29, 0.717) is 12.0 Å². The summed E-state index contributed by atoms with van der Waals surface area (Å²) in [4.78, 5) is 25.8. The summed E-state index contributed by atoms with van der Waals surface area (Å²) in [7, 11) is 0. The standard InChI is InChI=1S/C16H18N2O3/c1-11(7-8-15(19)20)18-16(21)14-10-17-9-13(14)12-5-3-2-4-6-12/h2-6,9-11,17H,7-8H2,1H3,(H,18,21)(H,19,20). The number of aliphatic carboxylic acids is 1. The van der Waals surface area contributed by atoms with E-state index in [1.54, 1.807) is 19.3 Å². The van der Waals surface area contributed by atoms with Crippen LogP contribution in [-0.2, 0) is 4.79 Å². The highest BCUT2D eigenvalue weighted by Crippen LogP contribution is 2.23. The molecule has 0 saturated carbocycles. The second-order valence-corrected chi connectivity index (χ2v) is 4.96. The number of nitrogens with one attached hydrogen (secondary N) is 2. The number of carbonyl (C=O) groups is 2. The van der Waals surface area contributed by atoms with Gasteiger partial charge in [0.1, 0.15) is 0 Å². The zero-order chi connectivity index (χ0) is 15.2. The molecule has 0 saturated heterocycles. The summed E-state index contributed by atoms with van der Waals surface area (Å²) >= 11 is 0. The smallest absolute Gasteiger partial charge is 0.303 e. The Morgan fingerprint density at radius 2 is 1.95 bits per heavy atom. The Morgan fingerprint density at radius 3 is 2.62 bits per heavy atom. The predicted molar refractivity (Wildman–Crippen MR) is 80.0 cm³/mol. The molecule has 21 heavy (non-hydrogen) atoms. The van der Waals surface area contributed by atoms with Crippen molar-refractivity contribution in [2.45, 2.75) is 25.8 Å². The quantitative estimate of drug-likeness (QED) is 0.763. The van der Waals surface area contributed by atoms with Gasteiger partial charge in [0.2, 0.25) is 0 Å². The van der Waals surface area contributed by atoms with Crippen LogP contribution in [-0.4, -0.2) is 28.0 Å². The molecule has 110 valence electrons. The van der Waals surface area contributed by atoms with Crippen molar-refractivity contribution >= 4 is 11.9 Å². The van der Waals surface area contributed by atoms with E-state index in [4.69, 9.17) is 5.11 Å². The molecule has 0 fully saturated rings. The highest BCUT2D eigenvalue weighted by atomic mass is 16.4. The normalized spacial score (nSPS) is 11.9. The third-order valence-corrected chi connectivity index (χ3v) is 3.24. The first-order valence-electron chi connectivity index (χ1n) is 6.83. The Morgan fingerprint density at radius 1 is 1.24 bits per heavy atom. The third kappa shape index (κ3) is 3.95. The molecule has 1 amide bonds. The second kappa shape index (κ2) is 6.74. The van der Waals surface area contributed by atoms with Crippen LogP contribution < -0.4 is 5.32 Å². The van der Waals surface area contributed by atoms with E-state index in [9.17, 15) is 9.59 Å². The number of aromatic amines is 1. The molecule has 2 aromatic rings. The van der Waals surface area contributed by atoms with Crippen LogP contribution in [0.4, 0.5) is 0 Å². The molecule has 1 atom stereocenters. The van der Waals surface area contributed by atoms with Crippen LogP contribution in [0.3, 0.4) is 0 Å². The van der Waals surface area contributed by atoms with E-state index < -0.39 is 5.97 Å². The van der Waals surface area contributed by atoms with Crippen molar-refractivity contribution in [3.63, 3.8) is 0 Å². The SMILES string of the molecule is CC(CCC(=O)O)NC(=O)c1c[nH]cc1-c1ccccc1. The van der Waals surface area contributed by atoms with Gasteiger partial charge in [-0.15, -0.1) is 0 Å². The number of carboxylic acid groups (broad SMARTS) is 1. The van der Waals surface area contributed by atoms with Crippen molar-refractivity contribution in [1.82, 2.24) is 10.3 Å². The predicted octanol–water partition coefficient (Wildman–Crippen LogP) is 2.66. The summed E-state index contributed by atoms with van der Waals surface area (Å²) < 4.78 is 0. The van der Waals surface area contributed by atoms with Gasteiger partial charge in [-0.25, -0.2) is 0 Å². The van der Waals surface area contributed by atoms with E-state index in [1.165, 1.54) is 0 Å². The minimum absolute atomic E-state index is 0.0418. The van der Waals surface area contributed by atoms with Crippen LogP contribution in [0, 0.1) is 0 Å². The number of carboxylic acids is 1. The van der Waals surface area contributed by atoms with Crippen LogP contribution in [0.5, 0.6) is 0 Å². The molecule has 1 aromatic carbocycles. The van der Waals surface area contributed by atoms with Gasteiger partial charge in [0.25, 0.3) is 5.91 Å². The number of benzene rings is 1. The monoisotopic (exact) mass is 286 g/mol. The maximum absolute atomic E-state index is 12.3. The Kier molecular flexibility index (Phi) is 4.77. The Bertz CT molecular complexity index is 619. The fourth-order valence-electron chi connectivity index (χ4n) is 2.12. The number of aromatic nitrogens is 1. The van der Waals surface area contributed by atoms with E-state index in [0.717, 1.165) is 11.1 Å². The van der Waals surface area contributed by atoms with Crippen molar-refractivity contribution in [1.29, 1.82) is 0 Å². The average Bonchev–Trinajstić information content (AvgIpc) is 2.95. The molecule has 5 heteroatoms. The first-order valence-corrected chi connectivity index (χ1v) is 6.83. The second-order valence-electron chi connectivity index (χ2n) is 4.96. The number of rotatable bonds is 6. The maximum atomic E-state index is 12.3. The van der Waals surface area contributed by atoms with Crippen molar-refractivity contribution in [2.75, 3.05) is 0 Å². The van der Waals surface area contributed by atoms with Crippen molar-refractivity contribution in [3.8, 4) is 11.1 Å². The van der Waals surface area contributed by atoms with E-state index >= 15 is 0 Å². The molecule has 1 unspecified atom stereocenters. The number of amides is 1. The van der Waals surface area contributed by atoms with E-state index in [2.05, 4.69) is 10.3 Å². The number of hydrogen-bond acceptors (Lipinski definition) is 2. The molecular formula is C16H18N2O3. The van der Waals surface area contributed by atoms with Crippen LogP contribution in [0.2, 0.25) is 0 Å². The van der Waals surface area contributed by atoms with Crippen molar-refractivity contribution < 1.29 is 14.7 Å². The summed E-state index contributed by atoms with van der Waals surface area (Å²) in [5, 5.41) is 11.5. The summed E-state index contributed by atoms with van der Waals surface area (Å²) in [6, 6.07) is 9.44. The van der Waals surface area contributed by atoms with Gasteiger partial charge in [0.15, 0.2) is 0 Å². The minimum Gasteiger partial charge on any atom is -0.481 e. The molecular weight excluding hydrogens is 268 g/mol. The van der Waals surface area contributed by atoms with Crippen LogP contribution in [0.25, 0.3) is 11.1 Å². The first kappa shape index (κ1) is 14.8. The van der Waals surface area contributed by atoms with E-state index in [-0.39, 0.29) is 18.4 Å². The van der Waals surface area contributed by atoms with E-state index in [1.807, 2.05) is 30.3 Å².